The van der Waals surface area contributed by atoms with Crippen LogP contribution >= 0.6 is 8.58 Å². The minimum Gasteiger partial charge on any atom is -0.352 e. The maximum atomic E-state index is 12.2. The topological polar surface area (TPSA) is 41.5 Å². The zero-order valence-electron chi connectivity index (χ0n) is 12.6. The van der Waals surface area contributed by atoms with Gasteiger partial charge in [-0.05, 0) is 42.2 Å². The van der Waals surface area contributed by atoms with Crippen LogP contribution in [0, 0.1) is 0 Å². The predicted octanol–water partition coefficient (Wildman–Crippen LogP) is 3.07. The first kappa shape index (κ1) is 14.9. The molecule has 2 aromatic rings. The van der Waals surface area contributed by atoms with Gasteiger partial charge in [0, 0.05) is 24.2 Å². The van der Waals surface area contributed by atoms with E-state index in [2.05, 4.69) is 34.6 Å². The average Bonchev–Trinajstić information content (AvgIpc) is 2.91. The van der Waals surface area contributed by atoms with E-state index >= 15 is 0 Å². The molecule has 1 heterocycles. The van der Waals surface area contributed by atoms with Gasteiger partial charge in [0.15, 0.2) is 0 Å². The molecule has 1 N–H and O–H groups in total. The molecular formula is C18H19N2OP. The number of nitrogens with one attached hydrogen (secondary N) is 1. The monoisotopic (exact) mass is 310 g/mol. The van der Waals surface area contributed by atoms with Crippen LogP contribution in [0.2, 0.25) is 0 Å². The third kappa shape index (κ3) is 3.61. The van der Waals surface area contributed by atoms with E-state index in [0.717, 1.165) is 43.7 Å². The van der Waals surface area contributed by atoms with Gasteiger partial charge < -0.3 is 5.32 Å². The number of aliphatic imine (C=N–C) groups is 1. The van der Waals surface area contributed by atoms with Crippen LogP contribution in [0.15, 0.2) is 53.5 Å². The van der Waals surface area contributed by atoms with Gasteiger partial charge in [0.25, 0.3) is 5.91 Å². The van der Waals surface area contributed by atoms with Crippen LogP contribution in [0.5, 0.6) is 0 Å². The zero-order chi connectivity index (χ0) is 15.4. The second kappa shape index (κ2) is 6.85. The van der Waals surface area contributed by atoms with Crippen molar-refractivity contribution in [3.8, 4) is 0 Å². The van der Waals surface area contributed by atoms with Crippen molar-refractivity contribution in [2.24, 2.45) is 4.99 Å². The van der Waals surface area contributed by atoms with Gasteiger partial charge in [-0.1, -0.05) is 38.9 Å². The average molecular weight is 310 g/mol. The molecule has 22 heavy (non-hydrogen) atoms. The Kier molecular flexibility index (Phi) is 4.65. The molecule has 1 aliphatic rings. The molecule has 3 rings (SSSR count). The van der Waals surface area contributed by atoms with E-state index in [1.807, 2.05) is 31.2 Å². The van der Waals surface area contributed by atoms with Gasteiger partial charge in [-0.2, -0.15) is 0 Å². The Labute approximate surface area is 132 Å². The normalized spacial score (nSPS) is 13.2. The number of fused-ring (bicyclic) bond motifs is 1. The number of carbonyl (C=O) groups is 1. The van der Waals surface area contributed by atoms with E-state index in [1.165, 1.54) is 5.30 Å². The lowest BCUT2D eigenvalue weighted by Crippen LogP contribution is -2.26. The van der Waals surface area contributed by atoms with Crippen molar-refractivity contribution in [3.63, 3.8) is 0 Å². The van der Waals surface area contributed by atoms with E-state index in [4.69, 9.17) is 0 Å². The van der Waals surface area contributed by atoms with E-state index in [1.54, 1.807) is 0 Å². The fourth-order valence-electron chi connectivity index (χ4n) is 2.54. The Morgan fingerprint density at radius 3 is 2.86 bits per heavy atom. The van der Waals surface area contributed by atoms with E-state index in [-0.39, 0.29) is 5.91 Å². The Balaban J connectivity index is 1.50. The van der Waals surface area contributed by atoms with Gasteiger partial charge in [0.1, 0.15) is 0 Å². The van der Waals surface area contributed by atoms with E-state index in [9.17, 15) is 4.79 Å². The van der Waals surface area contributed by atoms with Crippen LogP contribution in [0.25, 0.3) is 0 Å². The Bertz CT molecular complexity index is 710. The number of rotatable bonds is 5. The molecule has 0 fully saturated rings. The lowest BCUT2D eigenvalue weighted by molar-refractivity contribution is 0.0956. The first-order valence-corrected chi connectivity index (χ1v) is 8.67. The largest absolute Gasteiger partial charge is 0.352 e. The van der Waals surface area contributed by atoms with Crippen LogP contribution in [-0.2, 0) is 6.42 Å². The van der Waals surface area contributed by atoms with Crippen molar-refractivity contribution in [1.29, 1.82) is 0 Å². The summed E-state index contributed by atoms with van der Waals surface area (Å²) in [5.74, 6) is 0.00483. The van der Waals surface area contributed by atoms with Crippen LogP contribution < -0.4 is 10.6 Å². The summed E-state index contributed by atoms with van der Waals surface area (Å²) >= 11 is 0. The molecule has 2 aromatic carbocycles. The second-order valence-electron chi connectivity index (χ2n) is 5.42. The second-order valence-corrected chi connectivity index (χ2v) is 6.85. The van der Waals surface area contributed by atoms with Gasteiger partial charge >= 0.3 is 0 Å². The summed E-state index contributed by atoms with van der Waals surface area (Å²) < 4.78 is 0. The lowest BCUT2D eigenvalue weighted by Gasteiger charge is -2.07. The van der Waals surface area contributed by atoms with Gasteiger partial charge in [-0.25, -0.2) is 0 Å². The summed E-state index contributed by atoms with van der Waals surface area (Å²) in [6, 6.07) is 16.1. The molecule has 0 radical (unpaired) electrons. The van der Waals surface area contributed by atoms with Crippen molar-refractivity contribution < 1.29 is 4.79 Å². The van der Waals surface area contributed by atoms with Crippen molar-refractivity contribution in [1.82, 2.24) is 5.32 Å². The Hall–Kier alpha value is -1.99. The van der Waals surface area contributed by atoms with Crippen LogP contribution in [0.4, 0.5) is 5.69 Å². The minimum absolute atomic E-state index is 0.00483. The van der Waals surface area contributed by atoms with Crippen LogP contribution in [0.1, 0.15) is 22.8 Å². The number of hydrogen-bond donors (Lipinski definition) is 1. The molecule has 1 amide bonds. The number of amides is 1. The van der Waals surface area contributed by atoms with E-state index < -0.39 is 0 Å². The maximum Gasteiger partial charge on any atom is 0.251 e. The van der Waals surface area contributed by atoms with Crippen molar-refractivity contribution in [2.45, 2.75) is 13.3 Å². The molecule has 0 saturated carbocycles. The molecule has 0 aromatic heterocycles. The highest BCUT2D eigenvalue weighted by atomic mass is 31.1. The van der Waals surface area contributed by atoms with E-state index in [0.29, 0.717) is 6.54 Å². The molecule has 112 valence electrons. The smallest absolute Gasteiger partial charge is 0.251 e. The standard InChI is InChI=1S/C18H19N2OP/c1-13-11-15-12-14(7-8-17(15)20-13)18(21)19-9-10-22-16-5-3-2-4-6-16/h2-8,12,22H,9-11H2,1H3,(H,19,21). The summed E-state index contributed by atoms with van der Waals surface area (Å²) in [5, 5.41) is 4.34. The zero-order valence-corrected chi connectivity index (χ0v) is 13.6. The molecule has 0 spiro atoms. The predicted molar refractivity (Wildman–Crippen MR) is 94.5 cm³/mol. The third-order valence-electron chi connectivity index (χ3n) is 3.61. The molecule has 0 bridgehead atoms. The minimum atomic E-state index is 0.00483. The highest BCUT2D eigenvalue weighted by molar-refractivity contribution is 7.47. The number of nitrogens with zero attached hydrogens (tertiary/aromatic N) is 1. The van der Waals surface area contributed by atoms with Gasteiger partial charge in [-0.3, -0.25) is 9.79 Å². The Morgan fingerprint density at radius 1 is 1.23 bits per heavy atom. The maximum absolute atomic E-state index is 12.2. The molecule has 1 unspecified atom stereocenters. The van der Waals surface area contributed by atoms with Gasteiger partial charge in [-0.15, -0.1) is 0 Å². The molecule has 3 nitrogen and oxygen atoms in total. The van der Waals surface area contributed by atoms with Gasteiger partial charge in [0.2, 0.25) is 0 Å². The summed E-state index contributed by atoms with van der Waals surface area (Å²) in [5.41, 5.74) is 3.99. The third-order valence-corrected chi connectivity index (χ3v) is 4.85. The first-order chi connectivity index (χ1) is 10.7. The molecule has 0 saturated heterocycles. The van der Waals surface area contributed by atoms with Crippen molar-refractivity contribution >= 4 is 31.2 Å². The van der Waals surface area contributed by atoms with Crippen LogP contribution in [0.3, 0.4) is 0 Å². The number of hydrogen-bond acceptors (Lipinski definition) is 2. The van der Waals surface area contributed by atoms with Crippen LogP contribution in [-0.4, -0.2) is 24.3 Å². The molecule has 4 heteroatoms. The fourth-order valence-corrected chi connectivity index (χ4v) is 3.51. The molecular weight excluding hydrogens is 291 g/mol. The Morgan fingerprint density at radius 2 is 2.05 bits per heavy atom. The summed E-state index contributed by atoms with van der Waals surface area (Å²) in [4.78, 5) is 16.6. The summed E-state index contributed by atoms with van der Waals surface area (Å²) in [7, 11) is 0.731. The lowest BCUT2D eigenvalue weighted by atomic mass is 10.1. The van der Waals surface area contributed by atoms with Crippen molar-refractivity contribution in [2.75, 3.05) is 12.7 Å². The first-order valence-electron chi connectivity index (χ1n) is 7.46. The number of carbonyl (C=O) groups excluding carboxylic acids is 1. The van der Waals surface area contributed by atoms with Crippen molar-refractivity contribution in [3.05, 3.63) is 59.7 Å². The fraction of sp³-hybridized carbons (Fsp3) is 0.222. The quantitative estimate of drug-likeness (QED) is 0.669. The van der Waals surface area contributed by atoms with Gasteiger partial charge in [0.05, 0.1) is 5.69 Å². The summed E-state index contributed by atoms with van der Waals surface area (Å²) in [6.07, 6.45) is 1.83. The summed E-state index contributed by atoms with van der Waals surface area (Å²) in [6.45, 7) is 2.73. The molecule has 1 atom stereocenters. The number of benzene rings is 2. The molecule has 0 aliphatic carbocycles. The molecule has 1 aliphatic heterocycles. The highest BCUT2D eigenvalue weighted by Crippen LogP contribution is 2.27. The SMILES string of the molecule is CC1=Nc2ccc(C(=O)NCCPc3ccccc3)cc2C1. The highest BCUT2D eigenvalue weighted by Gasteiger charge is 2.14.